The van der Waals surface area contributed by atoms with Crippen LogP contribution in [0.3, 0.4) is 0 Å². The van der Waals surface area contributed by atoms with E-state index in [1.807, 2.05) is 13.8 Å². The van der Waals surface area contributed by atoms with Gasteiger partial charge in [-0.15, -0.1) is 5.73 Å². The summed E-state index contributed by atoms with van der Waals surface area (Å²) in [5.74, 6) is -0.272. The molecule has 0 aliphatic heterocycles. The van der Waals surface area contributed by atoms with Gasteiger partial charge in [0.2, 0.25) is 0 Å². The standard InChI is InChI=1S/C9H14O2/c1-7(2)5-6-9(4,11)8(3)10/h6,11H,1-4H3. The molecule has 0 heterocycles. The second kappa shape index (κ2) is 3.51. The summed E-state index contributed by atoms with van der Waals surface area (Å²) < 4.78 is 0. The predicted molar refractivity (Wildman–Crippen MR) is 44.2 cm³/mol. The molecular weight excluding hydrogens is 140 g/mol. The van der Waals surface area contributed by atoms with Crippen LogP contribution in [0.25, 0.3) is 0 Å². The van der Waals surface area contributed by atoms with Crippen LogP contribution in [0.4, 0.5) is 0 Å². The topological polar surface area (TPSA) is 37.3 Å². The molecule has 0 fully saturated rings. The Labute approximate surface area is 67.2 Å². The lowest BCUT2D eigenvalue weighted by molar-refractivity contribution is -0.129. The van der Waals surface area contributed by atoms with Gasteiger partial charge in [0.05, 0.1) is 0 Å². The van der Waals surface area contributed by atoms with Crippen LogP contribution in [0.2, 0.25) is 0 Å². The molecule has 1 N–H and O–H groups in total. The van der Waals surface area contributed by atoms with Crippen molar-refractivity contribution in [3.8, 4) is 0 Å². The van der Waals surface area contributed by atoms with E-state index in [-0.39, 0.29) is 5.78 Å². The number of hydrogen-bond acceptors (Lipinski definition) is 2. The minimum absolute atomic E-state index is 0.272. The first-order valence-electron chi connectivity index (χ1n) is 3.51. The highest BCUT2D eigenvalue weighted by Crippen LogP contribution is 2.05. The summed E-state index contributed by atoms with van der Waals surface area (Å²) in [5.41, 5.74) is 2.36. The third-order valence-corrected chi connectivity index (χ3v) is 1.35. The molecule has 0 rings (SSSR count). The van der Waals surface area contributed by atoms with E-state index in [4.69, 9.17) is 0 Å². The average Bonchev–Trinajstić information content (AvgIpc) is 1.84. The van der Waals surface area contributed by atoms with Gasteiger partial charge in [-0.3, -0.25) is 4.79 Å². The van der Waals surface area contributed by atoms with Gasteiger partial charge in [0, 0.05) is 0 Å². The third-order valence-electron chi connectivity index (χ3n) is 1.35. The molecule has 0 bridgehead atoms. The Morgan fingerprint density at radius 3 is 2.18 bits per heavy atom. The number of ketones is 1. The van der Waals surface area contributed by atoms with Crippen molar-refractivity contribution in [2.75, 3.05) is 0 Å². The van der Waals surface area contributed by atoms with Gasteiger partial charge in [0.1, 0.15) is 5.60 Å². The molecule has 0 saturated carbocycles. The SMILES string of the molecule is CC(=O)C(C)(O)C=C=C(C)C. The van der Waals surface area contributed by atoms with Crippen LogP contribution in [0.1, 0.15) is 27.7 Å². The Morgan fingerprint density at radius 1 is 1.45 bits per heavy atom. The van der Waals surface area contributed by atoms with Crippen molar-refractivity contribution in [3.63, 3.8) is 0 Å². The molecule has 0 aliphatic carbocycles. The first-order valence-corrected chi connectivity index (χ1v) is 3.51. The van der Waals surface area contributed by atoms with E-state index >= 15 is 0 Å². The van der Waals surface area contributed by atoms with Gasteiger partial charge in [-0.05, 0) is 39.3 Å². The number of rotatable bonds is 2. The Kier molecular flexibility index (Phi) is 3.24. The number of Topliss-reactive ketones (excluding diaryl/α,β-unsaturated/α-hetero) is 1. The summed E-state index contributed by atoms with van der Waals surface area (Å²) in [6, 6.07) is 0. The van der Waals surface area contributed by atoms with E-state index in [1.54, 1.807) is 0 Å². The maximum atomic E-state index is 10.7. The number of carbonyl (C=O) groups excluding carboxylic acids is 1. The van der Waals surface area contributed by atoms with Crippen LogP contribution >= 0.6 is 0 Å². The van der Waals surface area contributed by atoms with E-state index in [0.29, 0.717) is 0 Å². The third kappa shape index (κ3) is 3.76. The Balaban J connectivity index is 4.62. The van der Waals surface area contributed by atoms with E-state index in [1.165, 1.54) is 19.9 Å². The molecule has 0 amide bonds. The first kappa shape index (κ1) is 10.2. The molecule has 0 aromatic heterocycles. The largest absolute Gasteiger partial charge is 0.378 e. The predicted octanol–water partition coefficient (Wildman–Crippen LogP) is 1.45. The van der Waals surface area contributed by atoms with Crippen molar-refractivity contribution in [3.05, 3.63) is 17.4 Å². The highest BCUT2D eigenvalue weighted by molar-refractivity contribution is 5.86. The van der Waals surface area contributed by atoms with Crippen molar-refractivity contribution in [2.45, 2.75) is 33.3 Å². The van der Waals surface area contributed by atoms with Crippen LogP contribution < -0.4 is 0 Å². The highest BCUT2D eigenvalue weighted by atomic mass is 16.3. The molecule has 1 atom stereocenters. The highest BCUT2D eigenvalue weighted by Gasteiger charge is 2.21. The number of hydrogen-bond donors (Lipinski definition) is 1. The van der Waals surface area contributed by atoms with Crippen LogP contribution in [-0.4, -0.2) is 16.5 Å². The lowest BCUT2D eigenvalue weighted by atomic mass is 10.0. The van der Waals surface area contributed by atoms with Crippen LogP contribution in [-0.2, 0) is 4.79 Å². The molecule has 0 radical (unpaired) electrons. The fourth-order valence-electron chi connectivity index (χ4n) is 0.386. The Morgan fingerprint density at radius 2 is 1.91 bits per heavy atom. The summed E-state index contributed by atoms with van der Waals surface area (Å²) in [6.45, 7) is 6.51. The van der Waals surface area contributed by atoms with E-state index < -0.39 is 5.60 Å². The molecule has 0 spiro atoms. The van der Waals surface area contributed by atoms with Crippen molar-refractivity contribution < 1.29 is 9.90 Å². The summed E-state index contributed by atoms with van der Waals surface area (Å²) in [7, 11) is 0. The van der Waals surface area contributed by atoms with Gasteiger partial charge < -0.3 is 5.11 Å². The fraction of sp³-hybridized carbons (Fsp3) is 0.556. The molecule has 1 unspecified atom stereocenters. The maximum absolute atomic E-state index is 10.7. The average molecular weight is 154 g/mol. The quantitative estimate of drug-likeness (QED) is 0.611. The molecule has 0 aromatic rings. The minimum Gasteiger partial charge on any atom is -0.378 e. The zero-order valence-corrected chi connectivity index (χ0v) is 7.43. The smallest absolute Gasteiger partial charge is 0.165 e. The normalized spacial score (nSPS) is 14.6. The van der Waals surface area contributed by atoms with Gasteiger partial charge in [-0.1, -0.05) is 0 Å². The van der Waals surface area contributed by atoms with Crippen molar-refractivity contribution >= 4 is 5.78 Å². The molecular formula is C9H14O2. The summed E-state index contributed by atoms with van der Waals surface area (Å²) in [4.78, 5) is 10.7. The summed E-state index contributed by atoms with van der Waals surface area (Å²) in [5, 5.41) is 9.36. The van der Waals surface area contributed by atoms with Crippen LogP contribution in [0, 0.1) is 0 Å². The number of aliphatic hydroxyl groups is 1. The zero-order valence-electron chi connectivity index (χ0n) is 7.43. The fourth-order valence-corrected chi connectivity index (χ4v) is 0.386. The molecule has 0 aromatic carbocycles. The molecule has 2 heteroatoms. The number of carbonyl (C=O) groups is 1. The van der Waals surface area contributed by atoms with Crippen LogP contribution in [0.5, 0.6) is 0 Å². The lowest BCUT2D eigenvalue weighted by Crippen LogP contribution is -2.29. The van der Waals surface area contributed by atoms with E-state index in [9.17, 15) is 9.90 Å². The Bertz CT molecular complexity index is 214. The molecule has 11 heavy (non-hydrogen) atoms. The molecule has 0 saturated heterocycles. The van der Waals surface area contributed by atoms with Crippen molar-refractivity contribution in [1.82, 2.24) is 0 Å². The molecule has 2 nitrogen and oxygen atoms in total. The van der Waals surface area contributed by atoms with Crippen molar-refractivity contribution in [1.29, 1.82) is 0 Å². The zero-order chi connectivity index (χ0) is 9.07. The summed E-state index contributed by atoms with van der Waals surface area (Å²) in [6.07, 6.45) is 1.38. The van der Waals surface area contributed by atoms with Gasteiger partial charge in [0.25, 0.3) is 0 Å². The molecule has 62 valence electrons. The Hall–Kier alpha value is -0.850. The van der Waals surface area contributed by atoms with Gasteiger partial charge >= 0.3 is 0 Å². The lowest BCUT2D eigenvalue weighted by Gasteiger charge is -2.12. The van der Waals surface area contributed by atoms with E-state index in [2.05, 4.69) is 5.73 Å². The maximum Gasteiger partial charge on any atom is 0.165 e. The monoisotopic (exact) mass is 154 g/mol. The van der Waals surface area contributed by atoms with Gasteiger partial charge in [-0.25, -0.2) is 0 Å². The van der Waals surface area contributed by atoms with Crippen molar-refractivity contribution in [2.24, 2.45) is 0 Å². The van der Waals surface area contributed by atoms with E-state index in [0.717, 1.165) is 5.57 Å². The minimum atomic E-state index is -1.36. The van der Waals surface area contributed by atoms with Crippen LogP contribution in [0.15, 0.2) is 17.4 Å². The second-order valence-electron chi connectivity index (χ2n) is 2.99. The van der Waals surface area contributed by atoms with Gasteiger partial charge in [0.15, 0.2) is 5.78 Å². The first-order chi connectivity index (χ1) is 4.86. The van der Waals surface area contributed by atoms with Gasteiger partial charge in [-0.2, -0.15) is 0 Å². The second-order valence-corrected chi connectivity index (χ2v) is 2.99. The summed E-state index contributed by atoms with van der Waals surface area (Å²) >= 11 is 0. The molecule has 0 aliphatic rings.